The van der Waals surface area contributed by atoms with Gasteiger partial charge in [0.15, 0.2) is 0 Å². The van der Waals surface area contributed by atoms with Crippen molar-refractivity contribution in [3.63, 3.8) is 0 Å². The Kier molecular flexibility index (Phi) is 3.76. The van der Waals surface area contributed by atoms with Gasteiger partial charge in [0, 0.05) is 13.3 Å². The molecular formula is C7H10ClN3O. The second kappa shape index (κ2) is 4.90. The number of hydrogen-bond donors (Lipinski definition) is 1. The van der Waals surface area contributed by atoms with Crippen molar-refractivity contribution < 1.29 is 4.74 Å². The van der Waals surface area contributed by atoms with Crippen LogP contribution in [0, 0.1) is 0 Å². The van der Waals surface area contributed by atoms with E-state index in [-0.39, 0.29) is 5.56 Å². The highest BCUT2D eigenvalue weighted by Gasteiger charge is 2.00. The summed E-state index contributed by atoms with van der Waals surface area (Å²) in [6.45, 7) is 0.523. The Labute approximate surface area is 75.9 Å². The lowest BCUT2D eigenvalue weighted by molar-refractivity contribution is 0.177. The molecule has 0 radical (unpaired) electrons. The third-order valence-electron chi connectivity index (χ3n) is 1.28. The first-order valence-corrected chi connectivity index (χ1v) is 3.93. The second-order valence-corrected chi connectivity index (χ2v) is 2.61. The number of alkyl halides is 1. The monoisotopic (exact) mass is 187 g/mol. The number of rotatable bonds is 4. The molecular weight excluding hydrogens is 178 g/mol. The molecule has 5 heteroatoms. The van der Waals surface area contributed by atoms with E-state index in [0.717, 1.165) is 5.82 Å². The zero-order valence-electron chi connectivity index (χ0n) is 6.70. The van der Waals surface area contributed by atoms with Gasteiger partial charge in [0.2, 0.25) is 0 Å². The van der Waals surface area contributed by atoms with E-state index in [1.54, 1.807) is 19.4 Å². The van der Waals surface area contributed by atoms with E-state index < -0.39 is 0 Å². The van der Waals surface area contributed by atoms with E-state index in [0.29, 0.717) is 6.54 Å². The fourth-order valence-corrected chi connectivity index (χ4v) is 0.741. The largest absolute Gasteiger partial charge is 0.366 e. The smallest absolute Gasteiger partial charge is 0.147 e. The summed E-state index contributed by atoms with van der Waals surface area (Å²) in [7, 11) is 1.55. The maximum Gasteiger partial charge on any atom is 0.147 e. The Morgan fingerprint density at radius 1 is 1.75 bits per heavy atom. The highest BCUT2D eigenvalue weighted by atomic mass is 35.5. The predicted octanol–water partition coefficient (Wildman–Crippen LogP) is 1.10. The molecule has 0 fully saturated rings. The van der Waals surface area contributed by atoms with Gasteiger partial charge in [-0.05, 0) is 6.07 Å². The highest BCUT2D eigenvalue weighted by molar-refractivity contribution is 6.20. The van der Waals surface area contributed by atoms with E-state index in [1.807, 2.05) is 0 Å². The van der Waals surface area contributed by atoms with Gasteiger partial charge in [0.05, 0.1) is 6.54 Å². The average molecular weight is 188 g/mol. The molecule has 1 aromatic heterocycles. The molecule has 66 valence electrons. The van der Waals surface area contributed by atoms with E-state index >= 15 is 0 Å². The minimum absolute atomic E-state index is 0.333. The topological polar surface area (TPSA) is 47.0 Å². The molecule has 1 rings (SSSR count). The molecule has 1 N–H and O–H groups in total. The van der Waals surface area contributed by atoms with E-state index in [1.165, 1.54) is 6.33 Å². The molecule has 0 saturated heterocycles. The van der Waals surface area contributed by atoms with Crippen LogP contribution < -0.4 is 5.32 Å². The zero-order valence-corrected chi connectivity index (χ0v) is 7.45. The van der Waals surface area contributed by atoms with Crippen LogP contribution in [0.4, 0.5) is 5.82 Å². The maximum absolute atomic E-state index is 5.69. The van der Waals surface area contributed by atoms with E-state index in [4.69, 9.17) is 16.3 Å². The summed E-state index contributed by atoms with van der Waals surface area (Å²) >= 11 is 5.69. The fraction of sp³-hybridized carbons (Fsp3) is 0.429. The number of methoxy groups -OCH3 is 1. The van der Waals surface area contributed by atoms with Gasteiger partial charge < -0.3 is 10.1 Å². The van der Waals surface area contributed by atoms with Crippen molar-refractivity contribution >= 4 is 17.4 Å². The predicted molar refractivity (Wildman–Crippen MR) is 47.2 cm³/mol. The molecule has 1 atom stereocenters. The van der Waals surface area contributed by atoms with Crippen LogP contribution in [0.15, 0.2) is 18.6 Å². The molecule has 0 amide bonds. The summed E-state index contributed by atoms with van der Waals surface area (Å²) in [5.74, 6) is 0.743. The average Bonchev–Trinajstić information content (AvgIpc) is 2.16. The van der Waals surface area contributed by atoms with Gasteiger partial charge in [-0.3, -0.25) is 0 Å². The van der Waals surface area contributed by atoms with Crippen LogP contribution in [0.3, 0.4) is 0 Å². The number of nitrogens with zero attached hydrogens (tertiary/aromatic N) is 2. The highest BCUT2D eigenvalue weighted by Crippen LogP contribution is 2.01. The Hall–Kier alpha value is -0.870. The Morgan fingerprint density at radius 3 is 3.17 bits per heavy atom. The molecule has 1 heterocycles. The third-order valence-corrected chi connectivity index (χ3v) is 1.61. The summed E-state index contributed by atoms with van der Waals surface area (Å²) in [4.78, 5) is 7.73. The van der Waals surface area contributed by atoms with Crippen molar-refractivity contribution in [2.24, 2.45) is 0 Å². The zero-order chi connectivity index (χ0) is 8.81. The lowest BCUT2D eigenvalue weighted by Crippen LogP contribution is -2.16. The SMILES string of the molecule is COC(Cl)CNc1ccncn1. The first-order chi connectivity index (χ1) is 5.83. The van der Waals surface area contributed by atoms with Gasteiger partial charge in [0.1, 0.15) is 17.7 Å². The molecule has 4 nitrogen and oxygen atoms in total. The normalized spacial score (nSPS) is 12.5. The molecule has 0 aliphatic rings. The first kappa shape index (κ1) is 9.22. The van der Waals surface area contributed by atoms with Crippen molar-refractivity contribution in [1.29, 1.82) is 0 Å². The van der Waals surface area contributed by atoms with Crippen LogP contribution in [-0.4, -0.2) is 29.2 Å². The minimum atomic E-state index is -0.333. The number of anilines is 1. The lowest BCUT2D eigenvalue weighted by Gasteiger charge is -2.08. The first-order valence-electron chi connectivity index (χ1n) is 3.49. The summed E-state index contributed by atoms with van der Waals surface area (Å²) in [5, 5.41) is 2.99. The molecule has 0 aromatic carbocycles. The van der Waals surface area contributed by atoms with Crippen LogP contribution in [-0.2, 0) is 4.74 Å². The molecule has 12 heavy (non-hydrogen) atoms. The van der Waals surface area contributed by atoms with Gasteiger partial charge in [-0.1, -0.05) is 11.6 Å². The molecule has 0 bridgehead atoms. The van der Waals surface area contributed by atoms with Crippen molar-refractivity contribution in [2.75, 3.05) is 19.0 Å². The third kappa shape index (κ3) is 3.02. The Morgan fingerprint density at radius 2 is 2.58 bits per heavy atom. The van der Waals surface area contributed by atoms with Crippen LogP contribution in [0.5, 0.6) is 0 Å². The standard InChI is InChI=1S/C7H10ClN3O/c1-12-6(8)4-10-7-2-3-9-5-11-7/h2-3,5-6H,4H2,1H3,(H,9,10,11). The maximum atomic E-state index is 5.69. The second-order valence-electron chi connectivity index (χ2n) is 2.12. The number of aromatic nitrogens is 2. The van der Waals surface area contributed by atoms with Crippen molar-refractivity contribution in [1.82, 2.24) is 9.97 Å². The number of hydrogen-bond acceptors (Lipinski definition) is 4. The fourth-order valence-electron chi connectivity index (χ4n) is 0.663. The van der Waals surface area contributed by atoms with Crippen LogP contribution >= 0.6 is 11.6 Å². The van der Waals surface area contributed by atoms with Gasteiger partial charge in [-0.25, -0.2) is 9.97 Å². The minimum Gasteiger partial charge on any atom is -0.366 e. The summed E-state index contributed by atoms with van der Waals surface area (Å²) < 4.78 is 4.83. The molecule has 0 saturated carbocycles. The van der Waals surface area contributed by atoms with E-state index in [9.17, 15) is 0 Å². The van der Waals surface area contributed by atoms with Gasteiger partial charge in [-0.2, -0.15) is 0 Å². The van der Waals surface area contributed by atoms with Crippen molar-refractivity contribution in [2.45, 2.75) is 5.56 Å². The molecule has 1 aromatic rings. The molecule has 0 aliphatic heterocycles. The van der Waals surface area contributed by atoms with Crippen molar-refractivity contribution in [3.05, 3.63) is 18.6 Å². The lowest BCUT2D eigenvalue weighted by atomic mass is 10.5. The summed E-state index contributed by atoms with van der Waals surface area (Å²) in [6, 6.07) is 1.76. The molecule has 0 aliphatic carbocycles. The number of halogens is 1. The van der Waals surface area contributed by atoms with Gasteiger partial charge in [0.25, 0.3) is 0 Å². The van der Waals surface area contributed by atoms with Crippen molar-refractivity contribution in [3.8, 4) is 0 Å². The Bertz CT molecular complexity index is 219. The number of nitrogens with one attached hydrogen (secondary N) is 1. The van der Waals surface area contributed by atoms with Crippen LogP contribution in [0.2, 0.25) is 0 Å². The van der Waals surface area contributed by atoms with E-state index in [2.05, 4.69) is 15.3 Å². The molecule has 0 spiro atoms. The van der Waals surface area contributed by atoms with Gasteiger partial charge in [-0.15, -0.1) is 0 Å². The quantitative estimate of drug-likeness (QED) is 0.718. The van der Waals surface area contributed by atoms with Crippen LogP contribution in [0.25, 0.3) is 0 Å². The Balaban J connectivity index is 2.33. The van der Waals surface area contributed by atoms with Crippen LogP contribution in [0.1, 0.15) is 0 Å². The molecule has 1 unspecified atom stereocenters. The van der Waals surface area contributed by atoms with Gasteiger partial charge >= 0.3 is 0 Å². The summed E-state index contributed by atoms with van der Waals surface area (Å²) in [5.41, 5.74) is -0.333. The summed E-state index contributed by atoms with van der Waals surface area (Å²) in [6.07, 6.45) is 3.13. The number of ether oxygens (including phenoxy) is 1.